The van der Waals surface area contributed by atoms with Crippen molar-refractivity contribution in [3.8, 4) is 5.82 Å². The van der Waals surface area contributed by atoms with Crippen molar-refractivity contribution in [1.82, 2.24) is 19.5 Å². The summed E-state index contributed by atoms with van der Waals surface area (Å²) in [6.45, 7) is 0. The van der Waals surface area contributed by atoms with Gasteiger partial charge in [-0.2, -0.15) is 0 Å². The van der Waals surface area contributed by atoms with Crippen LogP contribution in [-0.2, 0) is 0 Å². The van der Waals surface area contributed by atoms with Crippen molar-refractivity contribution < 1.29 is 4.79 Å². The van der Waals surface area contributed by atoms with Crippen LogP contribution in [0.15, 0.2) is 43.1 Å². The highest BCUT2D eigenvalue weighted by Gasteiger charge is 2.05. The van der Waals surface area contributed by atoms with E-state index < -0.39 is 5.91 Å². The maximum absolute atomic E-state index is 11.1. The topological polar surface area (TPSA) is 86.7 Å². The molecule has 3 heterocycles. The molecule has 0 bridgehead atoms. The lowest BCUT2D eigenvalue weighted by atomic mass is 10.2. The molecule has 0 radical (unpaired) electrons. The Morgan fingerprint density at radius 3 is 2.94 bits per heavy atom. The second-order valence-electron chi connectivity index (χ2n) is 3.77. The predicted molar refractivity (Wildman–Crippen MR) is 65.2 cm³/mol. The summed E-state index contributed by atoms with van der Waals surface area (Å²) in [5, 5.41) is 0.851. The van der Waals surface area contributed by atoms with Crippen molar-refractivity contribution in [2.24, 2.45) is 5.73 Å². The van der Waals surface area contributed by atoms with Gasteiger partial charge in [-0.1, -0.05) is 0 Å². The molecule has 0 fully saturated rings. The van der Waals surface area contributed by atoms with Crippen LogP contribution < -0.4 is 5.73 Å². The highest BCUT2D eigenvalue weighted by Crippen LogP contribution is 2.14. The molecule has 6 heteroatoms. The molecule has 0 saturated carbocycles. The Labute approximate surface area is 102 Å². The molecule has 3 rings (SSSR count). The van der Waals surface area contributed by atoms with Gasteiger partial charge >= 0.3 is 0 Å². The van der Waals surface area contributed by atoms with Gasteiger partial charge < -0.3 is 5.73 Å². The number of amides is 1. The van der Waals surface area contributed by atoms with E-state index in [1.54, 1.807) is 35.6 Å². The Kier molecular flexibility index (Phi) is 2.26. The predicted octanol–water partition coefficient (Wildman–Crippen LogP) is 0.914. The molecule has 0 aliphatic rings. The molecule has 0 spiro atoms. The minimum absolute atomic E-state index is 0.206. The zero-order chi connectivity index (χ0) is 12.5. The van der Waals surface area contributed by atoms with Gasteiger partial charge in [0.1, 0.15) is 17.8 Å². The van der Waals surface area contributed by atoms with Crippen LogP contribution >= 0.6 is 0 Å². The molecule has 18 heavy (non-hydrogen) atoms. The Morgan fingerprint density at radius 2 is 2.22 bits per heavy atom. The zero-order valence-corrected chi connectivity index (χ0v) is 9.32. The van der Waals surface area contributed by atoms with E-state index in [2.05, 4.69) is 15.0 Å². The van der Waals surface area contributed by atoms with Crippen LogP contribution in [-0.4, -0.2) is 25.4 Å². The van der Waals surface area contributed by atoms with Crippen molar-refractivity contribution >= 4 is 16.8 Å². The summed E-state index contributed by atoms with van der Waals surface area (Å²) in [6, 6.07) is 5.32. The number of pyridine rings is 2. The molecular weight excluding hydrogens is 230 g/mol. The summed E-state index contributed by atoms with van der Waals surface area (Å²) in [5.41, 5.74) is 6.07. The molecule has 0 atom stereocenters. The summed E-state index contributed by atoms with van der Waals surface area (Å²) >= 11 is 0. The molecule has 0 saturated heterocycles. The lowest BCUT2D eigenvalue weighted by molar-refractivity contribution is 0.0996. The maximum atomic E-state index is 11.1. The number of hydrogen-bond donors (Lipinski definition) is 1. The van der Waals surface area contributed by atoms with E-state index in [0.717, 1.165) is 11.2 Å². The monoisotopic (exact) mass is 239 g/mol. The van der Waals surface area contributed by atoms with Crippen LogP contribution in [0.3, 0.4) is 0 Å². The first kappa shape index (κ1) is 10.4. The fraction of sp³-hybridized carbons (Fsp3) is 0. The van der Waals surface area contributed by atoms with Crippen LogP contribution in [0.25, 0.3) is 16.7 Å². The first-order chi connectivity index (χ1) is 8.74. The van der Waals surface area contributed by atoms with Crippen molar-refractivity contribution in [2.75, 3.05) is 0 Å². The zero-order valence-electron chi connectivity index (χ0n) is 9.32. The van der Waals surface area contributed by atoms with Crippen molar-refractivity contribution in [1.29, 1.82) is 0 Å². The fourth-order valence-corrected chi connectivity index (χ4v) is 1.68. The first-order valence-corrected chi connectivity index (χ1v) is 5.29. The number of hydrogen-bond acceptors (Lipinski definition) is 4. The van der Waals surface area contributed by atoms with Gasteiger partial charge in [0.25, 0.3) is 5.91 Å². The summed E-state index contributed by atoms with van der Waals surface area (Å²) in [4.78, 5) is 23.4. The molecule has 0 aliphatic carbocycles. The molecule has 88 valence electrons. The third-order valence-corrected chi connectivity index (χ3v) is 2.58. The van der Waals surface area contributed by atoms with Crippen molar-refractivity contribution in [2.45, 2.75) is 0 Å². The molecule has 2 N–H and O–H groups in total. The van der Waals surface area contributed by atoms with Crippen LogP contribution in [0, 0.1) is 0 Å². The Bertz CT molecular complexity index is 720. The number of rotatable bonds is 2. The summed E-state index contributed by atoms with van der Waals surface area (Å²) in [6.07, 6.45) is 6.71. The average Bonchev–Trinajstić information content (AvgIpc) is 2.91. The number of aromatic nitrogens is 4. The highest BCUT2D eigenvalue weighted by atomic mass is 16.1. The van der Waals surface area contributed by atoms with Gasteiger partial charge in [0.2, 0.25) is 0 Å². The normalized spacial score (nSPS) is 10.7. The smallest absolute Gasteiger partial charge is 0.267 e. The fourth-order valence-electron chi connectivity index (χ4n) is 1.68. The summed E-state index contributed by atoms with van der Waals surface area (Å²) in [5.74, 6) is 0.161. The Hall–Kier alpha value is -2.76. The van der Waals surface area contributed by atoms with Gasteiger partial charge in [0.15, 0.2) is 0 Å². The second-order valence-corrected chi connectivity index (χ2v) is 3.77. The molecule has 6 nitrogen and oxygen atoms in total. The van der Waals surface area contributed by atoms with Crippen molar-refractivity contribution in [3.05, 3.63) is 48.8 Å². The second kappa shape index (κ2) is 3.92. The van der Waals surface area contributed by atoms with E-state index in [-0.39, 0.29) is 5.69 Å². The lowest BCUT2D eigenvalue weighted by Crippen LogP contribution is -2.12. The number of carbonyl (C=O) groups excluding carboxylic acids is 1. The van der Waals surface area contributed by atoms with E-state index in [0.29, 0.717) is 5.52 Å². The van der Waals surface area contributed by atoms with Gasteiger partial charge in [-0.15, -0.1) is 0 Å². The van der Waals surface area contributed by atoms with Crippen LogP contribution in [0.1, 0.15) is 10.5 Å². The highest BCUT2D eigenvalue weighted by molar-refractivity contribution is 5.94. The van der Waals surface area contributed by atoms with E-state index in [9.17, 15) is 4.79 Å². The quantitative estimate of drug-likeness (QED) is 0.720. The first-order valence-electron chi connectivity index (χ1n) is 5.29. The molecule has 1 amide bonds. The SMILES string of the molecule is NC(=O)c1cc2nc(-n3ccnc3)ccc2cn1. The third kappa shape index (κ3) is 1.69. The third-order valence-electron chi connectivity index (χ3n) is 2.58. The number of imidazole rings is 1. The van der Waals surface area contributed by atoms with E-state index in [1.807, 2.05) is 12.1 Å². The molecule has 0 unspecified atom stereocenters. The molecule has 0 aliphatic heterocycles. The van der Waals surface area contributed by atoms with Gasteiger partial charge in [-0.3, -0.25) is 14.3 Å². The molecular formula is C12H9N5O. The largest absolute Gasteiger partial charge is 0.364 e. The Balaban J connectivity index is 2.18. The number of primary amides is 1. The van der Waals surface area contributed by atoms with E-state index >= 15 is 0 Å². The molecule has 3 aromatic heterocycles. The summed E-state index contributed by atoms with van der Waals surface area (Å²) in [7, 11) is 0. The van der Waals surface area contributed by atoms with Crippen LogP contribution in [0.4, 0.5) is 0 Å². The minimum Gasteiger partial charge on any atom is -0.364 e. The summed E-state index contributed by atoms with van der Waals surface area (Å²) < 4.78 is 1.78. The van der Waals surface area contributed by atoms with Crippen LogP contribution in [0.2, 0.25) is 0 Å². The van der Waals surface area contributed by atoms with Gasteiger partial charge in [-0.25, -0.2) is 9.97 Å². The standard InChI is InChI=1S/C12H9N5O/c13-12(18)10-5-9-8(6-15-10)1-2-11(16-9)17-4-3-14-7-17/h1-7H,(H2,13,18). The van der Waals surface area contributed by atoms with Gasteiger partial charge in [0, 0.05) is 24.0 Å². The molecule has 3 aromatic rings. The number of nitrogens with zero attached hydrogens (tertiary/aromatic N) is 4. The van der Waals surface area contributed by atoms with Gasteiger partial charge in [-0.05, 0) is 18.2 Å². The maximum Gasteiger partial charge on any atom is 0.267 e. The van der Waals surface area contributed by atoms with Crippen LogP contribution in [0.5, 0.6) is 0 Å². The number of fused-ring (bicyclic) bond motifs is 1. The van der Waals surface area contributed by atoms with E-state index in [4.69, 9.17) is 5.73 Å². The lowest BCUT2D eigenvalue weighted by Gasteiger charge is -2.03. The number of carbonyl (C=O) groups is 1. The minimum atomic E-state index is -0.563. The number of nitrogens with two attached hydrogens (primary N) is 1. The van der Waals surface area contributed by atoms with Crippen molar-refractivity contribution in [3.63, 3.8) is 0 Å². The Morgan fingerprint density at radius 1 is 1.33 bits per heavy atom. The average molecular weight is 239 g/mol. The molecule has 0 aromatic carbocycles. The van der Waals surface area contributed by atoms with E-state index in [1.165, 1.54) is 0 Å². The van der Waals surface area contributed by atoms with Gasteiger partial charge in [0.05, 0.1) is 5.52 Å².